The van der Waals surface area contributed by atoms with Crippen LogP contribution in [-0.2, 0) is 12.8 Å². The van der Waals surface area contributed by atoms with Crippen LogP contribution in [0.5, 0.6) is 0 Å². The van der Waals surface area contributed by atoms with Crippen molar-refractivity contribution in [2.24, 2.45) is 0 Å². The normalized spacial score (nSPS) is 12.6. The standard InChI is InChI=1S/C14H17NO2/c1-10-3-5-12(6-4-10)8-14-15-9-13(17-14)7-11(2)16/h3-6,9,11,16H,7-8H2,1-2H3. The molecule has 1 aromatic carbocycles. The molecule has 1 aromatic heterocycles. The number of rotatable bonds is 4. The summed E-state index contributed by atoms with van der Waals surface area (Å²) < 4.78 is 5.56. The summed E-state index contributed by atoms with van der Waals surface area (Å²) >= 11 is 0. The van der Waals surface area contributed by atoms with Crippen molar-refractivity contribution in [1.82, 2.24) is 4.98 Å². The van der Waals surface area contributed by atoms with Gasteiger partial charge in [-0.15, -0.1) is 0 Å². The van der Waals surface area contributed by atoms with Crippen LogP contribution < -0.4 is 0 Å². The van der Waals surface area contributed by atoms with E-state index in [1.807, 2.05) is 0 Å². The van der Waals surface area contributed by atoms with Gasteiger partial charge < -0.3 is 9.52 Å². The Bertz CT molecular complexity index is 471. The van der Waals surface area contributed by atoms with E-state index in [9.17, 15) is 5.11 Å². The third-order valence-electron chi connectivity index (χ3n) is 2.57. The molecule has 0 spiro atoms. The zero-order chi connectivity index (χ0) is 12.3. The van der Waals surface area contributed by atoms with Crippen molar-refractivity contribution in [2.45, 2.75) is 32.8 Å². The lowest BCUT2D eigenvalue weighted by Gasteiger charge is -2.00. The van der Waals surface area contributed by atoms with Gasteiger partial charge in [0.25, 0.3) is 0 Å². The molecule has 0 bridgehead atoms. The fourth-order valence-electron chi connectivity index (χ4n) is 1.70. The third-order valence-corrected chi connectivity index (χ3v) is 2.57. The minimum absolute atomic E-state index is 0.393. The van der Waals surface area contributed by atoms with Gasteiger partial charge in [0.15, 0.2) is 5.89 Å². The van der Waals surface area contributed by atoms with E-state index in [-0.39, 0.29) is 0 Å². The second-order valence-corrected chi connectivity index (χ2v) is 4.44. The van der Waals surface area contributed by atoms with E-state index in [1.165, 1.54) is 11.1 Å². The predicted octanol–water partition coefficient (Wildman–Crippen LogP) is 2.50. The van der Waals surface area contributed by atoms with Crippen LogP contribution >= 0.6 is 0 Å². The van der Waals surface area contributed by atoms with Crippen molar-refractivity contribution in [3.63, 3.8) is 0 Å². The van der Waals surface area contributed by atoms with Gasteiger partial charge >= 0.3 is 0 Å². The number of aromatic nitrogens is 1. The number of oxazole rings is 1. The molecule has 90 valence electrons. The molecule has 0 aliphatic heterocycles. The first-order valence-electron chi connectivity index (χ1n) is 5.80. The van der Waals surface area contributed by atoms with E-state index in [1.54, 1.807) is 13.1 Å². The van der Waals surface area contributed by atoms with Gasteiger partial charge in [-0.25, -0.2) is 4.98 Å². The van der Waals surface area contributed by atoms with Crippen molar-refractivity contribution >= 4 is 0 Å². The third kappa shape index (κ3) is 3.43. The summed E-state index contributed by atoms with van der Waals surface area (Å²) in [6.07, 6.45) is 2.51. The van der Waals surface area contributed by atoms with Crippen molar-refractivity contribution < 1.29 is 9.52 Å². The maximum atomic E-state index is 9.25. The number of nitrogens with zero attached hydrogens (tertiary/aromatic N) is 1. The molecule has 2 aromatic rings. The van der Waals surface area contributed by atoms with E-state index >= 15 is 0 Å². The molecule has 1 N–H and O–H groups in total. The largest absolute Gasteiger partial charge is 0.445 e. The van der Waals surface area contributed by atoms with E-state index in [0.29, 0.717) is 18.7 Å². The minimum Gasteiger partial charge on any atom is -0.445 e. The van der Waals surface area contributed by atoms with Gasteiger partial charge in [-0.2, -0.15) is 0 Å². The molecule has 17 heavy (non-hydrogen) atoms. The second-order valence-electron chi connectivity index (χ2n) is 4.44. The molecular formula is C14H17NO2. The van der Waals surface area contributed by atoms with Gasteiger partial charge in [0.05, 0.1) is 12.3 Å². The predicted molar refractivity (Wildman–Crippen MR) is 65.9 cm³/mol. The number of benzene rings is 1. The van der Waals surface area contributed by atoms with Crippen LogP contribution in [0.1, 0.15) is 29.7 Å². The lowest BCUT2D eigenvalue weighted by Crippen LogP contribution is -2.02. The first-order valence-corrected chi connectivity index (χ1v) is 5.80. The Hall–Kier alpha value is -1.61. The van der Waals surface area contributed by atoms with Crippen LogP contribution in [0.15, 0.2) is 34.9 Å². The van der Waals surface area contributed by atoms with E-state index in [0.717, 1.165) is 5.76 Å². The fourth-order valence-corrected chi connectivity index (χ4v) is 1.70. The van der Waals surface area contributed by atoms with E-state index in [2.05, 4.69) is 36.2 Å². The van der Waals surface area contributed by atoms with Crippen LogP contribution in [0.3, 0.4) is 0 Å². The van der Waals surface area contributed by atoms with Crippen molar-refractivity contribution in [3.05, 3.63) is 53.2 Å². The Balaban J connectivity index is 2.03. The Kier molecular flexibility index (Phi) is 3.59. The van der Waals surface area contributed by atoms with Gasteiger partial charge in [0, 0.05) is 12.8 Å². The van der Waals surface area contributed by atoms with Crippen LogP contribution in [0.4, 0.5) is 0 Å². The average Bonchev–Trinajstić information content (AvgIpc) is 2.68. The first kappa shape index (κ1) is 11.9. The molecule has 3 heteroatoms. The summed E-state index contributed by atoms with van der Waals surface area (Å²) in [5.74, 6) is 1.44. The summed E-state index contributed by atoms with van der Waals surface area (Å²) in [6.45, 7) is 3.80. The molecule has 0 aliphatic rings. The molecular weight excluding hydrogens is 214 g/mol. The monoisotopic (exact) mass is 231 g/mol. The smallest absolute Gasteiger partial charge is 0.198 e. The van der Waals surface area contributed by atoms with Crippen molar-refractivity contribution in [1.29, 1.82) is 0 Å². The van der Waals surface area contributed by atoms with Gasteiger partial charge in [0.1, 0.15) is 5.76 Å². The van der Waals surface area contributed by atoms with Crippen molar-refractivity contribution in [2.75, 3.05) is 0 Å². The molecule has 1 atom stereocenters. The Morgan fingerprint density at radius 2 is 2.00 bits per heavy atom. The zero-order valence-electron chi connectivity index (χ0n) is 10.2. The summed E-state index contributed by atoms with van der Waals surface area (Å²) in [4.78, 5) is 4.21. The molecule has 1 unspecified atom stereocenters. The maximum absolute atomic E-state index is 9.25. The SMILES string of the molecule is Cc1ccc(Cc2ncc(CC(C)O)o2)cc1. The van der Waals surface area contributed by atoms with Gasteiger partial charge in [-0.05, 0) is 19.4 Å². The molecule has 1 heterocycles. The molecule has 2 rings (SSSR count). The molecule has 3 nitrogen and oxygen atoms in total. The summed E-state index contributed by atoms with van der Waals surface area (Å²) in [6, 6.07) is 8.31. The highest BCUT2D eigenvalue weighted by atomic mass is 16.4. The molecule has 0 amide bonds. The molecule has 0 saturated heterocycles. The number of aliphatic hydroxyl groups is 1. The Morgan fingerprint density at radius 1 is 1.29 bits per heavy atom. The van der Waals surface area contributed by atoms with E-state index in [4.69, 9.17) is 4.42 Å². The number of aryl methyl sites for hydroxylation is 1. The lowest BCUT2D eigenvalue weighted by atomic mass is 10.1. The van der Waals surface area contributed by atoms with Crippen LogP contribution in [-0.4, -0.2) is 16.2 Å². The van der Waals surface area contributed by atoms with Gasteiger partial charge in [0.2, 0.25) is 0 Å². The molecule has 0 aliphatic carbocycles. The molecule has 0 saturated carbocycles. The van der Waals surface area contributed by atoms with Gasteiger partial charge in [-0.1, -0.05) is 29.8 Å². The van der Waals surface area contributed by atoms with E-state index < -0.39 is 6.10 Å². The lowest BCUT2D eigenvalue weighted by molar-refractivity contribution is 0.186. The second kappa shape index (κ2) is 5.15. The first-order chi connectivity index (χ1) is 8.13. The summed E-state index contributed by atoms with van der Waals surface area (Å²) in [5, 5.41) is 9.25. The van der Waals surface area contributed by atoms with Crippen LogP contribution in [0, 0.1) is 6.92 Å². The summed E-state index contributed by atoms with van der Waals surface area (Å²) in [5.41, 5.74) is 2.43. The zero-order valence-corrected chi connectivity index (χ0v) is 10.2. The summed E-state index contributed by atoms with van der Waals surface area (Å²) in [7, 11) is 0. The Morgan fingerprint density at radius 3 is 2.65 bits per heavy atom. The highest BCUT2D eigenvalue weighted by molar-refractivity contribution is 5.23. The fraction of sp³-hybridized carbons (Fsp3) is 0.357. The minimum atomic E-state index is -0.393. The van der Waals surface area contributed by atoms with Crippen LogP contribution in [0.2, 0.25) is 0 Å². The molecule has 0 fully saturated rings. The topological polar surface area (TPSA) is 46.3 Å². The number of hydrogen-bond acceptors (Lipinski definition) is 3. The number of hydrogen-bond donors (Lipinski definition) is 1. The molecule has 0 radical (unpaired) electrons. The van der Waals surface area contributed by atoms with Crippen molar-refractivity contribution in [3.8, 4) is 0 Å². The highest BCUT2D eigenvalue weighted by Crippen LogP contribution is 2.12. The Labute approximate surface area is 101 Å². The van der Waals surface area contributed by atoms with Crippen LogP contribution in [0.25, 0.3) is 0 Å². The quantitative estimate of drug-likeness (QED) is 0.879. The van der Waals surface area contributed by atoms with Gasteiger partial charge in [-0.3, -0.25) is 0 Å². The highest BCUT2D eigenvalue weighted by Gasteiger charge is 2.07. The maximum Gasteiger partial charge on any atom is 0.198 e. The average molecular weight is 231 g/mol. The number of aliphatic hydroxyl groups excluding tert-OH is 1.